The minimum atomic E-state index is -3.20. The van der Waals surface area contributed by atoms with Crippen molar-refractivity contribution in [3.05, 3.63) is 33.8 Å². The number of carbonyl (C=O) groups is 1. The molecule has 0 N–H and O–H groups in total. The first-order valence-corrected chi connectivity index (χ1v) is 9.44. The molecule has 1 aromatic rings. The first kappa shape index (κ1) is 17.5. The van der Waals surface area contributed by atoms with Crippen LogP contribution in [-0.2, 0) is 10.0 Å². The zero-order valence-electron chi connectivity index (χ0n) is 12.3. The highest BCUT2D eigenvalue weighted by Crippen LogP contribution is 2.23. The molecule has 1 aromatic carbocycles. The summed E-state index contributed by atoms with van der Waals surface area (Å²) in [4.78, 5) is 14.0. The van der Waals surface area contributed by atoms with Crippen LogP contribution in [0.5, 0.6) is 0 Å². The van der Waals surface area contributed by atoms with Gasteiger partial charge in [-0.2, -0.15) is 4.31 Å². The molecule has 0 saturated carbocycles. The van der Waals surface area contributed by atoms with Crippen molar-refractivity contribution in [3.63, 3.8) is 0 Å². The minimum Gasteiger partial charge on any atom is -0.336 e. The number of halogens is 2. The highest BCUT2D eigenvalue weighted by atomic mass is 35.5. The molecule has 0 radical (unpaired) electrons. The Labute approximate surface area is 140 Å². The van der Waals surface area contributed by atoms with Crippen LogP contribution in [-0.4, -0.2) is 55.5 Å². The number of hydrogen-bond donors (Lipinski definition) is 0. The quantitative estimate of drug-likeness (QED) is 0.824. The van der Waals surface area contributed by atoms with Gasteiger partial charge in [-0.1, -0.05) is 30.1 Å². The van der Waals surface area contributed by atoms with Gasteiger partial charge in [-0.15, -0.1) is 0 Å². The highest BCUT2D eigenvalue weighted by molar-refractivity contribution is 7.89. The molecule has 1 fully saturated rings. The predicted octanol–water partition coefficient (Wildman–Crippen LogP) is 2.49. The van der Waals surface area contributed by atoms with Crippen LogP contribution >= 0.6 is 23.2 Å². The number of sulfonamides is 1. The van der Waals surface area contributed by atoms with Crippen LogP contribution in [0, 0.1) is 0 Å². The Balaban J connectivity index is 2.02. The molecule has 8 heteroatoms. The Morgan fingerprint density at radius 1 is 1.14 bits per heavy atom. The second-order valence-corrected chi connectivity index (χ2v) is 8.04. The molecule has 1 aliphatic rings. The summed E-state index contributed by atoms with van der Waals surface area (Å²) < 4.78 is 25.5. The second-order valence-electron chi connectivity index (χ2n) is 5.14. The third-order valence-electron chi connectivity index (χ3n) is 3.55. The first-order chi connectivity index (χ1) is 10.3. The van der Waals surface area contributed by atoms with E-state index in [4.69, 9.17) is 23.2 Å². The van der Waals surface area contributed by atoms with E-state index in [1.807, 2.05) is 6.92 Å². The predicted molar refractivity (Wildman–Crippen MR) is 88.0 cm³/mol. The van der Waals surface area contributed by atoms with Gasteiger partial charge in [-0.3, -0.25) is 4.79 Å². The SMILES string of the molecule is CCCS(=O)(=O)N1CCN(C(=O)c2ccc(Cl)c(Cl)c2)CC1. The van der Waals surface area contributed by atoms with Crippen molar-refractivity contribution >= 4 is 39.1 Å². The van der Waals surface area contributed by atoms with E-state index in [2.05, 4.69) is 0 Å². The molecule has 2 rings (SSSR count). The van der Waals surface area contributed by atoms with E-state index >= 15 is 0 Å². The molecule has 122 valence electrons. The van der Waals surface area contributed by atoms with Crippen molar-refractivity contribution < 1.29 is 13.2 Å². The van der Waals surface area contributed by atoms with Crippen molar-refractivity contribution in [2.24, 2.45) is 0 Å². The van der Waals surface area contributed by atoms with Crippen LogP contribution in [0.4, 0.5) is 0 Å². The van der Waals surface area contributed by atoms with Crippen LogP contribution in [0.2, 0.25) is 10.0 Å². The normalized spacial score (nSPS) is 16.8. The van der Waals surface area contributed by atoms with Crippen LogP contribution in [0.1, 0.15) is 23.7 Å². The highest BCUT2D eigenvalue weighted by Gasteiger charge is 2.28. The van der Waals surface area contributed by atoms with Gasteiger partial charge >= 0.3 is 0 Å². The number of amides is 1. The smallest absolute Gasteiger partial charge is 0.253 e. The van der Waals surface area contributed by atoms with Crippen molar-refractivity contribution in [2.75, 3.05) is 31.9 Å². The zero-order chi connectivity index (χ0) is 16.3. The van der Waals surface area contributed by atoms with Gasteiger partial charge in [-0.25, -0.2) is 8.42 Å². The molecule has 0 atom stereocenters. The zero-order valence-corrected chi connectivity index (χ0v) is 14.6. The molecule has 1 amide bonds. The topological polar surface area (TPSA) is 57.7 Å². The minimum absolute atomic E-state index is 0.147. The summed E-state index contributed by atoms with van der Waals surface area (Å²) >= 11 is 11.8. The maximum atomic E-state index is 12.4. The average Bonchev–Trinajstić information content (AvgIpc) is 2.49. The summed E-state index contributed by atoms with van der Waals surface area (Å²) in [5, 5.41) is 0.727. The summed E-state index contributed by atoms with van der Waals surface area (Å²) in [6, 6.07) is 4.74. The molecule has 0 unspecified atom stereocenters. The number of piperazine rings is 1. The van der Waals surface area contributed by atoms with E-state index in [-0.39, 0.29) is 11.7 Å². The fraction of sp³-hybridized carbons (Fsp3) is 0.500. The average molecular weight is 365 g/mol. The molecule has 1 heterocycles. The molecule has 1 aliphatic heterocycles. The van der Waals surface area contributed by atoms with E-state index in [0.29, 0.717) is 48.2 Å². The Hall–Kier alpha value is -0.820. The number of carbonyl (C=O) groups excluding carboxylic acids is 1. The van der Waals surface area contributed by atoms with E-state index in [1.165, 1.54) is 10.4 Å². The van der Waals surface area contributed by atoms with E-state index in [0.717, 1.165) is 0 Å². The fourth-order valence-corrected chi connectivity index (χ4v) is 4.16. The Bertz CT molecular complexity index is 656. The lowest BCUT2D eigenvalue weighted by Crippen LogP contribution is -2.51. The fourth-order valence-electron chi connectivity index (χ4n) is 2.37. The van der Waals surface area contributed by atoms with Gasteiger partial charge in [0.1, 0.15) is 0 Å². The standard InChI is InChI=1S/C14H18Cl2N2O3S/c1-2-9-22(20,21)18-7-5-17(6-8-18)14(19)11-3-4-12(15)13(16)10-11/h3-4,10H,2,5-9H2,1H3. The van der Waals surface area contributed by atoms with Gasteiger partial charge in [0.05, 0.1) is 15.8 Å². The lowest BCUT2D eigenvalue weighted by Gasteiger charge is -2.34. The maximum Gasteiger partial charge on any atom is 0.253 e. The van der Waals surface area contributed by atoms with Crippen molar-refractivity contribution in [1.29, 1.82) is 0 Å². The number of hydrogen-bond acceptors (Lipinski definition) is 3. The van der Waals surface area contributed by atoms with Crippen LogP contribution in [0.3, 0.4) is 0 Å². The van der Waals surface area contributed by atoms with Crippen LogP contribution < -0.4 is 0 Å². The number of rotatable bonds is 4. The molecule has 5 nitrogen and oxygen atoms in total. The molecule has 0 aromatic heterocycles. The summed E-state index contributed by atoms with van der Waals surface area (Å²) in [7, 11) is -3.20. The summed E-state index contributed by atoms with van der Waals surface area (Å²) in [6.45, 7) is 3.25. The van der Waals surface area contributed by atoms with E-state index in [1.54, 1.807) is 17.0 Å². The van der Waals surface area contributed by atoms with Gasteiger partial charge in [0.15, 0.2) is 0 Å². The van der Waals surface area contributed by atoms with E-state index in [9.17, 15) is 13.2 Å². The third kappa shape index (κ3) is 3.93. The Morgan fingerprint density at radius 2 is 1.77 bits per heavy atom. The van der Waals surface area contributed by atoms with Crippen molar-refractivity contribution in [1.82, 2.24) is 9.21 Å². The number of nitrogens with zero attached hydrogens (tertiary/aromatic N) is 2. The second kappa shape index (κ2) is 7.17. The summed E-state index contributed by atoms with van der Waals surface area (Å²) in [5.41, 5.74) is 0.458. The van der Waals surface area contributed by atoms with Crippen molar-refractivity contribution in [2.45, 2.75) is 13.3 Å². The monoisotopic (exact) mass is 364 g/mol. The van der Waals surface area contributed by atoms with Crippen LogP contribution in [0.15, 0.2) is 18.2 Å². The third-order valence-corrected chi connectivity index (χ3v) is 6.36. The summed E-state index contributed by atoms with van der Waals surface area (Å²) in [6.07, 6.45) is 0.588. The molecule has 22 heavy (non-hydrogen) atoms. The lowest BCUT2D eigenvalue weighted by molar-refractivity contribution is 0.0698. The van der Waals surface area contributed by atoms with Gasteiger partial charge in [0, 0.05) is 31.7 Å². The Morgan fingerprint density at radius 3 is 2.32 bits per heavy atom. The van der Waals surface area contributed by atoms with Gasteiger partial charge in [0.2, 0.25) is 10.0 Å². The molecular weight excluding hydrogens is 347 g/mol. The van der Waals surface area contributed by atoms with Gasteiger partial charge < -0.3 is 4.90 Å². The van der Waals surface area contributed by atoms with Gasteiger partial charge in [0.25, 0.3) is 5.91 Å². The summed E-state index contributed by atoms with van der Waals surface area (Å²) in [5.74, 6) is -0.0144. The largest absolute Gasteiger partial charge is 0.336 e. The molecule has 0 aliphatic carbocycles. The number of benzene rings is 1. The van der Waals surface area contributed by atoms with Crippen LogP contribution in [0.25, 0.3) is 0 Å². The molecule has 1 saturated heterocycles. The first-order valence-electron chi connectivity index (χ1n) is 7.07. The van der Waals surface area contributed by atoms with Gasteiger partial charge in [-0.05, 0) is 24.6 Å². The molecule has 0 spiro atoms. The lowest BCUT2D eigenvalue weighted by atomic mass is 10.2. The van der Waals surface area contributed by atoms with Crippen molar-refractivity contribution in [3.8, 4) is 0 Å². The molecule has 0 bridgehead atoms. The van der Waals surface area contributed by atoms with E-state index < -0.39 is 10.0 Å². The molecular formula is C14H18Cl2N2O3S. The Kier molecular flexibility index (Phi) is 5.71. The maximum absolute atomic E-state index is 12.4.